The maximum Gasteiger partial charge on any atom is 0.322 e. The van der Waals surface area contributed by atoms with Gasteiger partial charge in [0, 0.05) is 18.5 Å². The molecule has 0 saturated carbocycles. The first-order valence-electron chi connectivity index (χ1n) is 6.75. The van der Waals surface area contributed by atoms with Gasteiger partial charge in [0.25, 0.3) is 0 Å². The second-order valence-corrected chi connectivity index (χ2v) is 5.14. The molecule has 0 aromatic carbocycles. The van der Waals surface area contributed by atoms with Crippen LogP contribution in [0.3, 0.4) is 0 Å². The fourth-order valence-corrected chi connectivity index (χ4v) is 2.60. The second kappa shape index (κ2) is 7.36. The van der Waals surface area contributed by atoms with E-state index in [2.05, 4.69) is 24.1 Å². The lowest BCUT2D eigenvalue weighted by molar-refractivity contribution is -0.137. The number of carboxylic acids is 1. The monoisotopic (exact) mass is 256 g/mol. The summed E-state index contributed by atoms with van der Waals surface area (Å²) in [7, 11) is 0. The average molecular weight is 256 g/mol. The van der Waals surface area contributed by atoms with Crippen LogP contribution in [-0.4, -0.2) is 47.1 Å². The number of nitrogens with one attached hydrogen (secondary N) is 1. The van der Waals surface area contributed by atoms with E-state index in [-0.39, 0.29) is 12.5 Å². The van der Waals surface area contributed by atoms with Gasteiger partial charge < -0.3 is 10.4 Å². The molecule has 5 heteroatoms. The molecule has 1 rings (SSSR count). The molecule has 1 saturated heterocycles. The lowest BCUT2D eigenvalue weighted by atomic mass is 9.97. The van der Waals surface area contributed by atoms with E-state index in [0.29, 0.717) is 18.5 Å². The second-order valence-electron chi connectivity index (χ2n) is 5.14. The van der Waals surface area contributed by atoms with E-state index in [1.807, 2.05) is 0 Å². The Hall–Kier alpha value is -1.10. The van der Waals surface area contributed by atoms with Gasteiger partial charge in [-0.3, -0.25) is 14.5 Å². The topological polar surface area (TPSA) is 69.6 Å². The molecule has 1 heterocycles. The SMILES string of the molecule is CC1CCCC(C)N1CCCC(=O)NCC(=O)O. The zero-order valence-electron chi connectivity index (χ0n) is 11.3. The summed E-state index contributed by atoms with van der Waals surface area (Å²) in [5.74, 6) is -1.17. The normalized spacial score (nSPS) is 24.8. The number of amides is 1. The Labute approximate surface area is 109 Å². The van der Waals surface area contributed by atoms with Crippen LogP contribution in [0.25, 0.3) is 0 Å². The summed E-state index contributed by atoms with van der Waals surface area (Å²) >= 11 is 0. The molecule has 0 radical (unpaired) electrons. The van der Waals surface area contributed by atoms with Crippen molar-refractivity contribution in [3.63, 3.8) is 0 Å². The van der Waals surface area contributed by atoms with Gasteiger partial charge in [0.1, 0.15) is 6.54 Å². The third kappa shape index (κ3) is 5.04. The predicted octanol–water partition coefficient (Wildman–Crippen LogP) is 1.23. The van der Waals surface area contributed by atoms with Gasteiger partial charge in [0.2, 0.25) is 5.91 Å². The van der Waals surface area contributed by atoms with Crippen molar-refractivity contribution in [2.75, 3.05) is 13.1 Å². The van der Waals surface area contributed by atoms with E-state index in [1.54, 1.807) is 0 Å². The molecule has 1 amide bonds. The van der Waals surface area contributed by atoms with Crippen molar-refractivity contribution in [3.8, 4) is 0 Å². The van der Waals surface area contributed by atoms with Crippen molar-refractivity contribution < 1.29 is 14.7 Å². The van der Waals surface area contributed by atoms with E-state index in [9.17, 15) is 9.59 Å². The van der Waals surface area contributed by atoms with Gasteiger partial charge in [-0.25, -0.2) is 0 Å². The summed E-state index contributed by atoms with van der Waals surface area (Å²) in [6, 6.07) is 1.19. The smallest absolute Gasteiger partial charge is 0.322 e. The molecule has 1 fully saturated rings. The minimum Gasteiger partial charge on any atom is -0.480 e. The van der Waals surface area contributed by atoms with Crippen LogP contribution in [0, 0.1) is 0 Å². The number of rotatable bonds is 6. The van der Waals surface area contributed by atoms with E-state index < -0.39 is 5.97 Å². The van der Waals surface area contributed by atoms with Crippen molar-refractivity contribution >= 4 is 11.9 Å². The highest BCUT2D eigenvalue weighted by atomic mass is 16.4. The van der Waals surface area contributed by atoms with E-state index in [1.165, 1.54) is 19.3 Å². The van der Waals surface area contributed by atoms with Gasteiger partial charge in [0.15, 0.2) is 0 Å². The van der Waals surface area contributed by atoms with Gasteiger partial charge in [-0.05, 0) is 39.7 Å². The molecule has 0 aromatic heterocycles. The first-order valence-corrected chi connectivity index (χ1v) is 6.75. The number of hydrogen-bond acceptors (Lipinski definition) is 3. The van der Waals surface area contributed by atoms with Gasteiger partial charge in [0.05, 0.1) is 0 Å². The molecule has 18 heavy (non-hydrogen) atoms. The summed E-state index contributed by atoms with van der Waals surface area (Å²) in [4.78, 5) is 24.1. The number of carbonyl (C=O) groups is 2. The van der Waals surface area contributed by atoms with Crippen molar-refractivity contribution in [1.29, 1.82) is 0 Å². The first-order chi connectivity index (χ1) is 8.50. The van der Waals surface area contributed by atoms with Crippen LogP contribution in [-0.2, 0) is 9.59 Å². The summed E-state index contributed by atoms with van der Waals surface area (Å²) in [6.07, 6.45) is 4.95. The highest BCUT2D eigenvalue weighted by Crippen LogP contribution is 2.22. The van der Waals surface area contributed by atoms with Gasteiger partial charge in [-0.15, -0.1) is 0 Å². The molecule has 0 spiro atoms. The van der Waals surface area contributed by atoms with Crippen LogP contribution in [0.5, 0.6) is 0 Å². The summed E-state index contributed by atoms with van der Waals surface area (Å²) in [5, 5.41) is 10.8. The molecule has 0 bridgehead atoms. The summed E-state index contributed by atoms with van der Waals surface area (Å²) in [5.41, 5.74) is 0. The fraction of sp³-hybridized carbons (Fsp3) is 0.846. The Kier molecular flexibility index (Phi) is 6.12. The Morgan fingerprint density at radius 2 is 1.89 bits per heavy atom. The lowest BCUT2D eigenvalue weighted by Crippen LogP contribution is -2.44. The number of carbonyl (C=O) groups excluding carboxylic acids is 1. The van der Waals surface area contributed by atoms with Gasteiger partial charge in [-0.2, -0.15) is 0 Å². The predicted molar refractivity (Wildman–Crippen MR) is 69.4 cm³/mol. The average Bonchev–Trinajstić information content (AvgIpc) is 2.30. The summed E-state index contributed by atoms with van der Waals surface area (Å²) < 4.78 is 0. The number of hydrogen-bond donors (Lipinski definition) is 2. The van der Waals surface area contributed by atoms with Crippen LogP contribution >= 0.6 is 0 Å². The Balaban J connectivity index is 2.19. The highest BCUT2D eigenvalue weighted by Gasteiger charge is 2.23. The number of nitrogens with zero attached hydrogens (tertiary/aromatic N) is 1. The lowest BCUT2D eigenvalue weighted by Gasteiger charge is -2.39. The molecule has 2 unspecified atom stereocenters. The third-order valence-corrected chi connectivity index (χ3v) is 3.63. The Morgan fingerprint density at radius 3 is 2.44 bits per heavy atom. The summed E-state index contributed by atoms with van der Waals surface area (Å²) in [6.45, 7) is 5.11. The zero-order chi connectivity index (χ0) is 13.5. The molecule has 5 nitrogen and oxygen atoms in total. The molecular weight excluding hydrogens is 232 g/mol. The van der Waals surface area contributed by atoms with Crippen LogP contribution < -0.4 is 5.32 Å². The van der Waals surface area contributed by atoms with E-state index >= 15 is 0 Å². The van der Waals surface area contributed by atoms with E-state index in [0.717, 1.165) is 13.0 Å². The largest absolute Gasteiger partial charge is 0.480 e. The fourth-order valence-electron chi connectivity index (χ4n) is 2.60. The minimum atomic E-state index is -0.998. The molecule has 1 aliphatic heterocycles. The van der Waals surface area contributed by atoms with Crippen LogP contribution in [0.2, 0.25) is 0 Å². The standard InChI is InChI=1S/C13H24N2O3/c1-10-5-3-6-11(2)15(10)8-4-7-12(16)14-9-13(17)18/h10-11H,3-9H2,1-2H3,(H,14,16)(H,17,18). The molecule has 104 valence electrons. The van der Waals surface area contributed by atoms with Gasteiger partial charge >= 0.3 is 5.97 Å². The van der Waals surface area contributed by atoms with Crippen molar-refractivity contribution in [1.82, 2.24) is 10.2 Å². The quantitative estimate of drug-likeness (QED) is 0.750. The number of carboxylic acid groups (broad SMARTS) is 1. The zero-order valence-corrected chi connectivity index (χ0v) is 11.3. The van der Waals surface area contributed by atoms with Crippen LogP contribution in [0.4, 0.5) is 0 Å². The Bertz CT molecular complexity index is 284. The number of piperidine rings is 1. The van der Waals surface area contributed by atoms with Gasteiger partial charge in [-0.1, -0.05) is 6.42 Å². The molecule has 2 atom stereocenters. The first kappa shape index (κ1) is 15.0. The molecular formula is C13H24N2O3. The molecule has 0 aromatic rings. The molecule has 1 aliphatic rings. The maximum absolute atomic E-state index is 11.4. The van der Waals surface area contributed by atoms with Crippen molar-refractivity contribution in [2.45, 2.75) is 58.0 Å². The Morgan fingerprint density at radius 1 is 1.28 bits per heavy atom. The molecule has 0 aliphatic carbocycles. The maximum atomic E-state index is 11.4. The number of likely N-dealkylation sites (tertiary alicyclic amines) is 1. The van der Waals surface area contributed by atoms with Crippen molar-refractivity contribution in [2.24, 2.45) is 0 Å². The molecule has 2 N–H and O–H groups in total. The van der Waals surface area contributed by atoms with Crippen LogP contribution in [0.15, 0.2) is 0 Å². The highest BCUT2D eigenvalue weighted by molar-refractivity contribution is 5.80. The minimum absolute atomic E-state index is 0.172. The van der Waals surface area contributed by atoms with Crippen LogP contribution in [0.1, 0.15) is 46.0 Å². The van der Waals surface area contributed by atoms with Crippen molar-refractivity contribution in [3.05, 3.63) is 0 Å². The third-order valence-electron chi connectivity index (χ3n) is 3.63. The van der Waals surface area contributed by atoms with E-state index in [4.69, 9.17) is 5.11 Å². The number of aliphatic carboxylic acids is 1.